The van der Waals surface area contributed by atoms with Crippen molar-refractivity contribution in [1.29, 1.82) is 0 Å². The van der Waals surface area contributed by atoms with Gasteiger partial charge in [-0.1, -0.05) is 11.3 Å². The van der Waals surface area contributed by atoms with Crippen LogP contribution in [0, 0.1) is 13.8 Å². The Morgan fingerprint density at radius 1 is 1.28 bits per heavy atom. The lowest BCUT2D eigenvalue weighted by atomic mass is 10.2. The van der Waals surface area contributed by atoms with E-state index in [1.807, 2.05) is 32.0 Å². The summed E-state index contributed by atoms with van der Waals surface area (Å²) in [7, 11) is 0. The summed E-state index contributed by atoms with van der Waals surface area (Å²) in [6, 6.07) is 5.87. The van der Waals surface area contributed by atoms with Crippen LogP contribution in [0.15, 0.2) is 22.6 Å². The molecule has 0 saturated heterocycles. The lowest BCUT2D eigenvalue weighted by Crippen LogP contribution is -2.05. The Kier molecular flexibility index (Phi) is 2.53. The smallest absolute Gasteiger partial charge is 0.192 e. The number of nitrogen functional groups attached to an aromatic ring is 1. The molecule has 6 heteroatoms. The van der Waals surface area contributed by atoms with Crippen LogP contribution in [-0.4, -0.2) is 9.97 Å². The maximum Gasteiger partial charge on any atom is 0.192 e. The van der Waals surface area contributed by atoms with E-state index >= 15 is 0 Å². The summed E-state index contributed by atoms with van der Waals surface area (Å²) in [6.45, 7) is 3.76. The number of nitrogens with zero attached hydrogens (tertiary/aromatic N) is 2. The van der Waals surface area contributed by atoms with E-state index in [1.54, 1.807) is 0 Å². The molecule has 0 aliphatic heterocycles. The molecule has 0 bridgehead atoms. The van der Waals surface area contributed by atoms with Crippen molar-refractivity contribution in [2.24, 2.45) is 5.84 Å². The van der Waals surface area contributed by atoms with E-state index < -0.39 is 0 Å². The minimum atomic E-state index is 0.668. The molecule has 0 spiro atoms. The number of aromatic nitrogens is 2. The van der Waals surface area contributed by atoms with Gasteiger partial charge in [-0.15, -0.1) is 0 Å². The number of oxazole rings is 1. The zero-order valence-corrected chi connectivity index (χ0v) is 10.8. The highest BCUT2D eigenvalue weighted by Crippen LogP contribution is 2.32. The Bertz CT molecular complexity index is 716. The number of nitrogens with two attached hydrogens (primary N) is 1. The highest BCUT2D eigenvalue weighted by Gasteiger charge is 2.10. The van der Waals surface area contributed by atoms with E-state index in [2.05, 4.69) is 15.4 Å². The topological polar surface area (TPSA) is 77.0 Å². The minimum Gasteiger partial charge on any atom is -0.441 e. The van der Waals surface area contributed by atoms with Crippen molar-refractivity contribution in [3.8, 4) is 10.6 Å². The summed E-state index contributed by atoms with van der Waals surface area (Å²) in [4.78, 5) is 8.80. The van der Waals surface area contributed by atoms with Gasteiger partial charge in [-0.05, 0) is 25.1 Å². The molecule has 0 aliphatic carbocycles. The van der Waals surface area contributed by atoms with E-state index in [-0.39, 0.29) is 0 Å². The summed E-state index contributed by atoms with van der Waals surface area (Å²) in [5.74, 6) is 6.10. The van der Waals surface area contributed by atoms with Crippen LogP contribution in [-0.2, 0) is 0 Å². The summed E-state index contributed by atoms with van der Waals surface area (Å²) in [6.07, 6.45) is 0. The van der Waals surface area contributed by atoms with Crippen LogP contribution in [0.1, 0.15) is 11.6 Å². The highest BCUT2D eigenvalue weighted by atomic mass is 32.1. The molecule has 0 radical (unpaired) electrons. The van der Waals surface area contributed by atoms with Gasteiger partial charge in [0.15, 0.2) is 11.5 Å². The average molecular weight is 260 g/mol. The molecule has 0 aliphatic rings. The van der Waals surface area contributed by atoms with E-state index in [1.165, 1.54) is 11.3 Å². The molecule has 5 nitrogen and oxygen atoms in total. The molecule has 0 atom stereocenters. The predicted molar refractivity (Wildman–Crippen MR) is 72.4 cm³/mol. The third kappa shape index (κ3) is 1.75. The third-order valence-corrected chi connectivity index (χ3v) is 3.81. The van der Waals surface area contributed by atoms with Crippen LogP contribution in [0.3, 0.4) is 0 Å². The van der Waals surface area contributed by atoms with Crippen LogP contribution in [0.5, 0.6) is 0 Å². The zero-order valence-electron chi connectivity index (χ0n) is 10.0. The summed E-state index contributed by atoms with van der Waals surface area (Å²) in [5.41, 5.74) is 6.21. The number of fused-ring (bicyclic) bond motifs is 1. The molecule has 0 saturated carbocycles. The number of hydrazine groups is 1. The van der Waals surface area contributed by atoms with Gasteiger partial charge in [0.2, 0.25) is 0 Å². The van der Waals surface area contributed by atoms with Gasteiger partial charge in [0.1, 0.15) is 15.5 Å². The monoisotopic (exact) mass is 260 g/mol. The number of aryl methyl sites for hydroxylation is 2. The number of anilines is 1. The number of rotatable bonds is 2. The predicted octanol–water partition coefficient (Wildman–Crippen LogP) is 2.85. The minimum absolute atomic E-state index is 0.668. The van der Waals surface area contributed by atoms with Gasteiger partial charge in [-0.25, -0.2) is 15.8 Å². The number of hydrogen-bond donors (Lipinski definition) is 2. The molecule has 0 amide bonds. The van der Waals surface area contributed by atoms with Crippen LogP contribution < -0.4 is 11.3 Å². The van der Waals surface area contributed by atoms with Crippen LogP contribution in [0.25, 0.3) is 21.7 Å². The van der Waals surface area contributed by atoms with Gasteiger partial charge in [0.05, 0.1) is 5.69 Å². The second kappa shape index (κ2) is 4.08. The normalized spacial score (nSPS) is 11.1. The second-order valence-corrected chi connectivity index (χ2v) is 4.99. The van der Waals surface area contributed by atoms with E-state index in [4.69, 9.17) is 10.3 Å². The average Bonchev–Trinajstić information content (AvgIpc) is 2.89. The Balaban J connectivity index is 2.12. The van der Waals surface area contributed by atoms with Crippen molar-refractivity contribution < 1.29 is 4.42 Å². The van der Waals surface area contributed by atoms with Gasteiger partial charge < -0.3 is 9.84 Å². The van der Waals surface area contributed by atoms with Gasteiger partial charge in [-0.3, -0.25) is 0 Å². The molecular weight excluding hydrogens is 248 g/mol. The maximum absolute atomic E-state index is 5.45. The van der Waals surface area contributed by atoms with Crippen molar-refractivity contribution in [3.05, 3.63) is 29.8 Å². The Hall–Kier alpha value is -1.92. The number of hydrogen-bond acceptors (Lipinski definition) is 6. The SMILES string of the molecule is Cc1nc2cc(-c3nc(C)c(NN)s3)ccc2o1. The molecule has 92 valence electrons. The fraction of sp³-hybridized carbons (Fsp3) is 0.167. The molecule has 18 heavy (non-hydrogen) atoms. The number of nitrogens with one attached hydrogen (secondary N) is 1. The first kappa shape index (κ1) is 11.2. The molecule has 3 N–H and O–H groups in total. The van der Waals surface area contributed by atoms with Gasteiger partial charge in [-0.2, -0.15) is 0 Å². The largest absolute Gasteiger partial charge is 0.441 e. The van der Waals surface area contributed by atoms with E-state index in [0.717, 1.165) is 32.4 Å². The van der Waals surface area contributed by atoms with Gasteiger partial charge in [0, 0.05) is 12.5 Å². The fourth-order valence-corrected chi connectivity index (χ4v) is 2.70. The Labute approximate surface area is 108 Å². The molecule has 2 aromatic heterocycles. The summed E-state index contributed by atoms with van der Waals surface area (Å²) >= 11 is 1.52. The first-order valence-corrected chi connectivity index (χ1v) is 6.30. The van der Waals surface area contributed by atoms with Crippen LogP contribution >= 0.6 is 11.3 Å². The van der Waals surface area contributed by atoms with Crippen molar-refractivity contribution >= 4 is 27.4 Å². The zero-order chi connectivity index (χ0) is 12.7. The molecular formula is C12H12N4OS. The van der Waals surface area contributed by atoms with Crippen molar-refractivity contribution in [3.63, 3.8) is 0 Å². The van der Waals surface area contributed by atoms with Crippen molar-refractivity contribution in [1.82, 2.24) is 9.97 Å². The number of thiazole rings is 1. The lowest BCUT2D eigenvalue weighted by molar-refractivity contribution is 0.561. The summed E-state index contributed by atoms with van der Waals surface area (Å²) < 4.78 is 5.45. The molecule has 3 rings (SSSR count). The molecule has 1 aromatic carbocycles. The quantitative estimate of drug-likeness (QED) is 0.547. The van der Waals surface area contributed by atoms with Crippen LogP contribution in [0.2, 0.25) is 0 Å². The van der Waals surface area contributed by atoms with Crippen molar-refractivity contribution in [2.75, 3.05) is 5.43 Å². The molecule has 0 unspecified atom stereocenters. The first-order chi connectivity index (χ1) is 8.67. The van der Waals surface area contributed by atoms with Gasteiger partial charge in [0.25, 0.3) is 0 Å². The van der Waals surface area contributed by atoms with E-state index in [0.29, 0.717) is 5.89 Å². The molecule has 0 fully saturated rings. The highest BCUT2D eigenvalue weighted by molar-refractivity contribution is 7.19. The standard InChI is InChI=1S/C12H12N4OS/c1-6-11(16-13)18-12(14-6)8-3-4-10-9(5-8)15-7(2)17-10/h3-5,16H,13H2,1-2H3. The van der Waals surface area contributed by atoms with Crippen LogP contribution in [0.4, 0.5) is 5.00 Å². The number of benzene rings is 1. The van der Waals surface area contributed by atoms with Crippen molar-refractivity contribution in [2.45, 2.75) is 13.8 Å². The molecule has 2 heterocycles. The Morgan fingerprint density at radius 2 is 2.11 bits per heavy atom. The molecule has 3 aromatic rings. The van der Waals surface area contributed by atoms with Gasteiger partial charge >= 0.3 is 0 Å². The third-order valence-electron chi connectivity index (χ3n) is 2.67. The summed E-state index contributed by atoms with van der Waals surface area (Å²) in [5, 5.41) is 1.80. The van der Waals surface area contributed by atoms with E-state index in [9.17, 15) is 0 Å². The maximum atomic E-state index is 5.45. The first-order valence-electron chi connectivity index (χ1n) is 5.49. The second-order valence-electron chi connectivity index (χ2n) is 3.99. The fourth-order valence-electron chi connectivity index (χ4n) is 1.83. The lowest BCUT2D eigenvalue weighted by Gasteiger charge is -1.94. The Morgan fingerprint density at radius 3 is 2.83 bits per heavy atom.